The minimum Gasteiger partial charge on any atom is -0.479 e. The average Bonchev–Trinajstić information content (AvgIpc) is 2.80. The molecule has 5 nitrogen and oxygen atoms in total. The van der Waals surface area contributed by atoms with Gasteiger partial charge in [-0.1, -0.05) is 11.6 Å². The highest BCUT2D eigenvalue weighted by Crippen LogP contribution is 2.26. The van der Waals surface area contributed by atoms with E-state index < -0.39 is 21.8 Å². The van der Waals surface area contributed by atoms with E-state index in [1.54, 1.807) is 14.0 Å². The fourth-order valence-corrected chi connectivity index (χ4v) is 4.35. The van der Waals surface area contributed by atoms with Gasteiger partial charge in [0.2, 0.25) is 0 Å². The Morgan fingerprint density at radius 2 is 2.18 bits per heavy atom. The molecule has 0 saturated carbocycles. The van der Waals surface area contributed by atoms with Crippen molar-refractivity contribution >= 4 is 27.3 Å². The van der Waals surface area contributed by atoms with E-state index in [1.807, 2.05) is 0 Å². The molecule has 1 aromatic rings. The minimum atomic E-state index is -3.07. The lowest BCUT2D eigenvalue weighted by Gasteiger charge is -2.27. The largest absolute Gasteiger partial charge is 0.479 e. The second kappa shape index (κ2) is 6.42. The van der Waals surface area contributed by atoms with Crippen LogP contribution in [0.1, 0.15) is 13.3 Å². The molecule has 0 radical (unpaired) electrons. The van der Waals surface area contributed by atoms with Gasteiger partial charge in [0.1, 0.15) is 11.6 Å². The summed E-state index contributed by atoms with van der Waals surface area (Å²) < 4.78 is 41.4. The zero-order chi connectivity index (χ0) is 16.5. The normalized spacial score (nSPS) is 21.4. The zero-order valence-electron chi connectivity index (χ0n) is 12.3. The molecule has 1 aromatic carbocycles. The molecular weight excluding hydrogens is 333 g/mol. The SMILES string of the molecule is C[C@@H](Oc1ccc(F)cc1Cl)C(=O)N(C)[C@H]1CCS(=O)(=O)C1. The maximum absolute atomic E-state index is 13.0. The van der Waals surface area contributed by atoms with E-state index in [0.29, 0.717) is 6.42 Å². The van der Waals surface area contributed by atoms with Gasteiger partial charge in [0.25, 0.3) is 5.91 Å². The molecule has 1 heterocycles. The summed E-state index contributed by atoms with van der Waals surface area (Å²) in [5, 5.41) is 0.0748. The van der Waals surface area contributed by atoms with E-state index in [0.717, 1.165) is 6.07 Å². The van der Waals surface area contributed by atoms with Gasteiger partial charge in [-0.25, -0.2) is 12.8 Å². The first-order valence-electron chi connectivity index (χ1n) is 6.78. The Balaban J connectivity index is 2.02. The van der Waals surface area contributed by atoms with Crippen LogP contribution >= 0.6 is 11.6 Å². The third kappa shape index (κ3) is 3.89. The predicted molar refractivity (Wildman–Crippen MR) is 81.3 cm³/mol. The van der Waals surface area contributed by atoms with E-state index in [4.69, 9.17) is 16.3 Å². The number of benzene rings is 1. The topological polar surface area (TPSA) is 63.7 Å². The Morgan fingerprint density at radius 1 is 1.50 bits per heavy atom. The average molecular weight is 350 g/mol. The molecule has 122 valence electrons. The quantitative estimate of drug-likeness (QED) is 0.832. The van der Waals surface area contributed by atoms with Crippen molar-refractivity contribution in [2.45, 2.75) is 25.5 Å². The predicted octanol–water partition coefficient (Wildman–Crippen LogP) is 1.89. The standard InChI is InChI=1S/C14H17ClFNO4S/c1-9(21-13-4-3-10(16)7-12(13)15)14(18)17(2)11-5-6-22(19,20)8-11/h3-4,7,9,11H,5-6,8H2,1-2H3/t9-,11+/m1/s1. The highest BCUT2D eigenvalue weighted by atomic mass is 35.5. The van der Waals surface area contributed by atoms with Crippen molar-refractivity contribution in [1.82, 2.24) is 4.90 Å². The smallest absolute Gasteiger partial charge is 0.263 e. The number of ether oxygens (including phenoxy) is 1. The fourth-order valence-electron chi connectivity index (χ4n) is 2.36. The molecule has 1 amide bonds. The van der Waals surface area contributed by atoms with Crippen LogP contribution in [0.3, 0.4) is 0 Å². The van der Waals surface area contributed by atoms with Gasteiger partial charge in [-0.05, 0) is 31.5 Å². The first kappa shape index (κ1) is 17.0. The van der Waals surface area contributed by atoms with E-state index >= 15 is 0 Å². The summed E-state index contributed by atoms with van der Waals surface area (Å²) >= 11 is 5.85. The summed E-state index contributed by atoms with van der Waals surface area (Å²) in [6.07, 6.45) is -0.425. The van der Waals surface area contributed by atoms with Crippen LogP contribution in [0.4, 0.5) is 4.39 Å². The van der Waals surface area contributed by atoms with Crippen molar-refractivity contribution < 1.29 is 22.3 Å². The highest BCUT2D eigenvalue weighted by Gasteiger charge is 2.34. The second-order valence-electron chi connectivity index (χ2n) is 5.34. The summed E-state index contributed by atoms with van der Waals surface area (Å²) in [6, 6.07) is 3.29. The van der Waals surface area contributed by atoms with Crippen LogP contribution in [-0.4, -0.2) is 49.9 Å². The van der Waals surface area contributed by atoms with Crippen molar-refractivity contribution in [2.75, 3.05) is 18.6 Å². The first-order chi connectivity index (χ1) is 10.2. The Bertz CT molecular complexity index is 679. The maximum Gasteiger partial charge on any atom is 0.263 e. The number of hydrogen-bond acceptors (Lipinski definition) is 4. The van der Waals surface area contributed by atoms with Gasteiger partial charge in [0, 0.05) is 13.1 Å². The van der Waals surface area contributed by atoms with Gasteiger partial charge in [-0.2, -0.15) is 0 Å². The van der Waals surface area contributed by atoms with Gasteiger partial charge in [0.05, 0.1) is 16.5 Å². The molecule has 1 aliphatic heterocycles. The van der Waals surface area contributed by atoms with Gasteiger partial charge in [-0.15, -0.1) is 0 Å². The highest BCUT2D eigenvalue weighted by molar-refractivity contribution is 7.91. The Hall–Kier alpha value is -1.34. The van der Waals surface area contributed by atoms with Crippen molar-refractivity contribution in [3.63, 3.8) is 0 Å². The number of carbonyl (C=O) groups excluding carboxylic acids is 1. The van der Waals surface area contributed by atoms with Crippen molar-refractivity contribution in [2.24, 2.45) is 0 Å². The molecule has 1 saturated heterocycles. The van der Waals surface area contributed by atoms with Gasteiger partial charge < -0.3 is 9.64 Å². The number of hydrogen-bond donors (Lipinski definition) is 0. The molecule has 1 aliphatic rings. The molecule has 0 aromatic heterocycles. The van der Waals surface area contributed by atoms with Crippen LogP contribution in [0, 0.1) is 5.82 Å². The molecule has 2 rings (SSSR count). The fraction of sp³-hybridized carbons (Fsp3) is 0.500. The molecule has 2 atom stereocenters. The van der Waals surface area contributed by atoms with Crippen molar-refractivity contribution in [3.8, 4) is 5.75 Å². The number of rotatable bonds is 4. The summed E-state index contributed by atoms with van der Waals surface area (Å²) in [6.45, 7) is 1.54. The third-order valence-electron chi connectivity index (χ3n) is 3.65. The number of nitrogens with zero attached hydrogens (tertiary/aromatic N) is 1. The molecular formula is C14H17ClFNO4S. The molecule has 1 fully saturated rings. The molecule has 0 spiro atoms. The molecule has 0 unspecified atom stereocenters. The van der Waals surface area contributed by atoms with Crippen molar-refractivity contribution in [3.05, 3.63) is 29.0 Å². The lowest BCUT2D eigenvalue weighted by Crippen LogP contribution is -2.44. The van der Waals surface area contributed by atoms with E-state index in [9.17, 15) is 17.6 Å². The number of likely N-dealkylation sites (N-methyl/N-ethyl adjacent to an activating group) is 1. The van der Waals surface area contributed by atoms with Crippen LogP contribution < -0.4 is 4.74 Å². The molecule has 22 heavy (non-hydrogen) atoms. The molecule has 0 aliphatic carbocycles. The zero-order valence-corrected chi connectivity index (χ0v) is 13.8. The van der Waals surface area contributed by atoms with Crippen LogP contribution in [0.15, 0.2) is 18.2 Å². The first-order valence-corrected chi connectivity index (χ1v) is 8.98. The summed E-state index contributed by atoms with van der Waals surface area (Å²) in [7, 11) is -1.51. The summed E-state index contributed by atoms with van der Waals surface area (Å²) in [5.41, 5.74) is 0. The second-order valence-corrected chi connectivity index (χ2v) is 7.98. The van der Waals surface area contributed by atoms with Crippen LogP contribution in [0.25, 0.3) is 0 Å². The monoisotopic (exact) mass is 349 g/mol. The van der Waals surface area contributed by atoms with Crippen LogP contribution in [-0.2, 0) is 14.6 Å². The van der Waals surface area contributed by atoms with Gasteiger partial charge >= 0.3 is 0 Å². The number of amides is 1. The van der Waals surface area contributed by atoms with E-state index in [1.165, 1.54) is 17.0 Å². The Labute approximate surface area is 133 Å². The third-order valence-corrected chi connectivity index (χ3v) is 5.69. The number of halogens is 2. The molecule has 8 heteroatoms. The van der Waals surface area contributed by atoms with E-state index in [-0.39, 0.29) is 34.2 Å². The van der Waals surface area contributed by atoms with Crippen LogP contribution in [0.5, 0.6) is 5.75 Å². The van der Waals surface area contributed by atoms with Gasteiger partial charge in [-0.3, -0.25) is 4.79 Å². The maximum atomic E-state index is 13.0. The van der Waals surface area contributed by atoms with E-state index in [2.05, 4.69) is 0 Å². The van der Waals surface area contributed by atoms with Crippen LogP contribution in [0.2, 0.25) is 5.02 Å². The number of sulfone groups is 1. The van der Waals surface area contributed by atoms with Crippen molar-refractivity contribution in [1.29, 1.82) is 0 Å². The molecule has 0 N–H and O–H groups in total. The lowest BCUT2D eigenvalue weighted by atomic mass is 10.2. The Morgan fingerprint density at radius 3 is 2.73 bits per heavy atom. The number of carbonyl (C=O) groups is 1. The lowest BCUT2D eigenvalue weighted by molar-refractivity contribution is -0.138. The summed E-state index contributed by atoms with van der Waals surface area (Å²) in [5.74, 6) is -0.573. The minimum absolute atomic E-state index is 0.0285. The van der Waals surface area contributed by atoms with Gasteiger partial charge in [0.15, 0.2) is 15.9 Å². The molecule has 0 bridgehead atoms. The summed E-state index contributed by atoms with van der Waals surface area (Å²) in [4.78, 5) is 13.7. The Kier molecular flexibility index (Phi) is 4.97.